The predicted molar refractivity (Wildman–Crippen MR) is 188 cm³/mol. The molecular formula is C43H36N4. The van der Waals surface area contributed by atoms with E-state index < -0.39 is 0 Å². The van der Waals surface area contributed by atoms with Gasteiger partial charge in [-0.1, -0.05) is 91.0 Å². The van der Waals surface area contributed by atoms with Crippen LogP contribution in [0.5, 0.6) is 0 Å². The van der Waals surface area contributed by atoms with Crippen molar-refractivity contribution in [3.63, 3.8) is 0 Å². The van der Waals surface area contributed by atoms with Crippen molar-refractivity contribution >= 4 is 10.8 Å². The molecule has 4 bridgehead atoms. The fourth-order valence-electron chi connectivity index (χ4n) is 9.66. The Bertz CT molecular complexity index is 2170. The Labute approximate surface area is 276 Å². The van der Waals surface area contributed by atoms with Gasteiger partial charge in [0, 0.05) is 16.7 Å². The lowest BCUT2D eigenvalue weighted by Gasteiger charge is -2.57. The topological polar surface area (TPSA) is 62.5 Å². The molecule has 4 saturated carbocycles. The first kappa shape index (κ1) is 28.1. The molecule has 4 heteroatoms. The van der Waals surface area contributed by atoms with E-state index in [0.717, 1.165) is 28.9 Å². The molecule has 6 aromatic rings. The summed E-state index contributed by atoms with van der Waals surface area (Å²) in [6, 6.07) is 40.3. The van der Waals surface area contributed by atoms with Crippen molar-refractivity contribution in [2.75, 3.05) is 0 Å². The van der Waals surface area contributed by atoms with Gasteiger partial charge in [-0.15, -0.1) is 0 Å². The minimum absolute atomic E-state index is 0.350. The number of fused-ring (bicyclic) bond motifs is 1. The third-order valence-electron chi connectivity index (χ3n) is 11.3. The van der Waals surface area contributed by atoms with Gasteiger partial charge in [-0.2, -0.15) is 5.26 Å². The standard InChI is InChI=1S/C43H36N4/c1-27-19-32(41-45-40(31-9-3-2-4-10-31)46-42(47-41)35-12-6-5-11-33(35)26-44)15-16-34(27)37-17-18-39(38-14-8-7-13-36(37)38)43-23-28-20-29(24-43)22-30(21-28)25-43/h2-19,28-30H,20-25H2,1H3. The molecule has 0 saturated heterocycles. The number of benzene rings is 5. The number of nitrogens with zero attached hydrogens (tertiary/aromatic N) is 4. The average molecular weight is 609 g/mol. The van der Waals surface area contributed by atoms with Crippen molar-refractivity contribution in [1.82, 2.24) is 15.0 Å². The molecule has 0 N–H and O–H groups in total. The number of aromatic nitrogens is 3. The first-order valence-electron chi connectivity index (χ1n) is 17.0. The number of hydrogen-bond donors (Lipinski definition) is 0. The molecule has 47 heavy (non-hydrogen) atoms. The van der Waals surface area contributed by atoms with Gasteiger partial charge < -0.3 is 0 Å². The maximum atomic E-state index is 9.83. The van der Waals surface area contributed by atoms with Crippen molar-refractivity contribution in [3.05, 3.63) is 126 Å². The molecule has 1 heterocycles. The number of nitriles is 1. The van der Waals surface area contributed by atoms with Crippen LogP contribution in [0.25, 0.3) is 56.1 Å². The highest BCUT2D eigenvalue weighted by Crippen LogP contribution is 2.61. The Morgan fingerprint density at radius 1 is 0.574 bits per heavy atom. The summed E-state index contributed by atoms with van der Waals surface area (Å²) < 4.78 is 0. The molecule has 4 aliphatic carbocycles. The smallest absolute Gasteiger partial charge is 0.165 e. The van der Waals surface area contributed by atoms with Crippen LogP contribution in [-0.2, 0) is 5.41 Å². The predicted octanol–water partition coefficient (Wildman–Crippen LogP) is 10.3. The molecule has 4 nitrogen and oxygen atoms in total. The normalized spacial score (nSPS) is 22.8. The van der Waals surface area contributed by atoms with E-state index in [2.05, 4.69) is 67.6 Å². The van der Waals surface area contributed by atoms with Gasteiger partial charge in [-0.25, -0.2) is 15.0 Å². The highest BCUT2D eigenvalue weighted by Gasteiger charge is 2.52. The van der Waals surface area contributed by atoms with E-state index in [1.807, 2.05) is 48.5 Å². The van der Waals surface area contributed by atoms with Crippen LogP contribution >= 0.6 is 0 Å². The van der Waals surface area contributed by atoms with Gasteiger partial charge in [0.1, 0.15) is 0 Å². The molecule has 0 atom stereocenters. The molecule has 0 amide bonds. The minimum Gasteiger partial charge on any atom is -0.208 e. The second kappa shape index (κ2) is 11.0. The van der Waals surface area contributed by atoms with Crippen molar-refractivity contribution < 1.29 is 0 Å². The van der Waals surface area contributed by atoms with Crippen molar-refractivity contribution in [2.24, 2.45) is 17.8 Å². The zero-order valence-electron chi connectivity index (χ0n) is 26.7. The lowest BCUT2D eigenvalue weighted by atomic mass is 9.47. The quantitative estimate of drug-likeness (QED) is 0.195. The molecule has 228 valence electrons. The third-order valence-corrected chi connectivity index (χ3v) is 11.3. The summed E-state index contributed by atoms with van der Waals surface area (Å²) in [5.74, 6) is 4.44. The zero-order chi connectivity index (χ0) is 31.5. The van der Waals surface area contributed by atoms with Gasteiger partial charge in [0.25, 0.3) is 0 Å². The fourth-order valence-corrected chi connectivity index (χ4v) is 9.66. The van der Waals surface area contributed by atoms with Gasteiger partial charge in [-0.3, -0.25) is 0 Å². The summed E-state index contributed by atoms with van der Waals surface area (Å²) in [6.45, 7) is 2.19. The van der Waals surface area contributed by atoms with Crippen LogP contribution in [0.1, 0.15) is 55.2 Å². The maximum Gasteiger partial charge on any atom is 0.165 e. The van der Waals surface area contributed by atoms with Gasteiger partial charge >= 0.3 is 0 Å². The summed E-state index contributed by atoms with van der Waals surface area (Å²) in [7, 11) is 0. The van der Waals surface area contributed by atoms with E-state index in [4.69, 9.17) is 15.0 Å². The minimum atomic E-state index is 0.350. The number of rotatable bonds is 5. The van der Waals surface area contributed by atoms with Crippen LogP contribution in [-0.4, -0.2) is 15.0 Å². The summed E-state index contributed by atoms with van der Waals surface area (Å²) in [5.41, 5.74) is 8.71. The van der Waals surface area contributed by atoms with Crippen molar-refractivity contribution in [1.29, 1.82) is 5.26 Å². The van der Waals surface area contributed by atoms with Crippen LogP contribution in [0.2, 0.25) is 0 Å². The van der Waals surface area contributed by atoms with E-state index in [-0.39, 0.29) is 0 Å². The Balaban J connectivity index is 1.14. The second-order valence-electron chi connectivity index (χ2n) is 14.3. The summed E-state index contributed by atoms with van der Waals surface area (Å²) in [4.78, 5) is 14.7. The number of hydrogen-bond acceptors (Lipinski definition) is 4. The Hall–Kier alpha value is -5.14. The molecule has 0 radical (unpaired) electrons. The molecule has 4 fully saturated rings. The van der Waals surface area contributed by atoms with Crippen molar-refractivity contribution in [3.8, 4) is 51.4 Å². The van der Waals surface area contributed by atoms with Crippen LogP contribution in [0.4, 0.5) is 0 Å². The molecular weight excluding hydrogens is 573 g/mol. The summed E-state index contributed by atoms with van der Waals surface area (Å²) in [6.07, 6.45) is 8.49. The zero-order valence-corrected chi connectivity index (χ0v) is 26.7. The average Bonchev–Trinajstić information content (AvgIpc) is 3.11. The molecule has 10 rings (SSSR count). The van der Waals surface area contributed by atoms with Crippen LogP contribution in [0, 0.1) is 36.0 Å². The first-order valence-corrected chi connectivity index (χ1v) is 17.0. The van der Waals surface area contributed by atoms with Gasteiger partial charge in [0.15, 0.2) is 17.5 Å². The van der Waals surface area contributed by atoms with E-state index in [0.29, 0.717) is 34.0 Å². The summed E-state index contributed by atoms with van der Waals surface area (Å²) in [5, 5.41) is 12.6. The molecule has 5 aromatic carbocycles. The van der Waals surface area contributed by atoms with Gasteiger partial charge in [-0.05, 0) is 120 Å². The number of aryl methyl sites for hydroxylation is 1. The molecule has 0 spiro atoms. The van der Waals surface area contributed by atoms with Crippen LogP contribution < -0.4 is 0 Å². The third kappa shape index (κ3) is 4.76. The van der Waals surface area contributed by atoms with Gasteiger partial charge in [0.05, 0.1) is 11.6 Å². The molecule has 0 aliphatic heterocycles. The van der Waals surface area contributed by atoms with Crippen LogP contribution in [0.15, 0.2) is 109 Å². The van der Waals surface area contributed by atoms with Gasteiger partial charge in [0.2, 0.25) is 0 Å². The Morgan fingerprint density at radius 2 is 1.17 bits per heavy atom. The van der Waals surface area contributed by atoms with E-state index in [1.54, 1.807) is 11.6 Å². The largest absolute Gasteiger partial charge is 0.208 e. The molecule has 4 aliphatic rings. The fraction of sp³-hybridized carbons (Fsp3) is 0.256. The maximum absolute atomic E-state index is 9.83. The molecule has 1 aromatic heterocycles. The highest BCUT2D eigenvalue weighted by atomic mass is 15.0. The monoisotopic (exact) mass is 608 g/mol. The molecule has 0 unspecified atom stereocenters. The van der Waals surface area contributed by atoms with Crippen LogP contribution in [0.3, 0.4) is 0 Å². The highest BCUT2D eigenvalue weighted by molar-refractivity contribution is 6.00. The van der Waals surface area contributed by atoms with Crippen molar-refractivity contribution in [2.45, 2.75) is 50.9 Å². The van der Waals surface area contributed by atoms with E-state index >= 15 is 0 Å². The summed E-state index contributed by atoms with van der Waals surface area (Å²) >= 11 is 0. The lowest BCUT2D eigenvalue weighted by molar-refractivity contribution is -0.00449. The second-order valence-corrected chi connectivity index (χ2v) is 14.3. The first-order chi connectivity index (χ1) is 23.1. The SMILES string of the molecule is Cc1cc(-c2nc(-c3ccccc3)nc(-c3ccccc3C#N)n2)ccc1-c1ccc(C23CC4CC(CC(C4)C2)C3)c2ccccc12. The van der Waals surface area contributed by atoms with E-state index in [9.17, 15) is 5.26 Å². The Kier molecular flexibility index (Phi) is 6.57. The Morgan fingerprint density at radius 3 is 1.87 bits per heavy atom. The van der Waals surface area contributed by atoms with E-state index in [1.165, 1.54) is 66.0 Å². The lowest BCUT2D eigenvalue weighted by Crippen LogP contribution is -2.48.